The number of benzene rings is 1. The van der Waals surface area contributed by atoms with Crippen LogP contribution in [0.5, 0.6) is 0 Å². The average Bonchev–Trinajstić information content (AvgIpc) is 3.08. The minimum Gasteiger partial charge on any atom is -0.481 e. The lowest BCUT2D eigenvalue weighted by molar-refractivity contribution is -0.276. The van der Waals surface area contributed by atoms with Crippen LogP contribution in [0.2, 0.25) is 0 Å². The van der Waals surface area contributed by atoms with Crippen molar-refractivity contribution in [2.45, 2.75) is 76.9 Å². The van der Waals surface area contributed by atoms with E-state index in [9.17, 15) is 19.8 Å². The summed E-state index contributed by atoms with van der Waals surface area (Å²) in [6, 6.07) is 9.47. The van der Waals surface area contributed by atoms with Crippen molar-refractivity contribution >= 4 is 18.0 Å². The molecule has 0 amide bonds. The van der Waals surface area contributed by atoms with Crippen LogP contribution in [0.15, 0.2) is 48.6 Å². The van der Waals surface area contributed by atoms with Crippen LogP contribution in [0.1, 0.15) is 70.8 Å². The number of esters is 1. The third-order valence-electron chi connectivity index (χ3n) is 10.4. The van der Waals surface area contributed by atoms with E-state index in [2.05, 4.69) is 13.5 Å². The number of fused-ring (bicyclic) bond motifs is 3. The van der Waals surface area contributed by atoms with Gasteiger partial charge in [-0.15, -0.1) is 0 Å². The number of carbonyl (C=O) groups is 2. The van der Waals surface area contributed by atoms with Crippen molar-refractivity contribution < 1.29 is 24.5 Å². The number of carboxylic acids is 1. The van der Waals surface area contributed by atoms with Crippen LogP contribution in [0, 0.1) is 28.1 Å². The Labute approximate surface area is 201 Å². The number of rotatable bonds is 4. The zero-order valence-electron chi connectivity index (χ0n) is 20.3. The fourth-order valence-electron chi connectivity index (χ4n) is 8.53. The minimum absolute atomic E-state index is 0.195. The summed E-state index contributed by atoms with van der Waals surface area (Å²) in [6.07, 6.45) is 8.37. The van der Waals surface area contributed by atoms with Gasteiger partial charge in [-0.05, 0) is 81.8 Å². The van der Waals surface area contributed by atoms with Gasteiger partial charge in [0.25, 0.3) is 0 Å². The van der Waals surface area contributed by atoms with E-state index in [1.165, 1.54) is 11.6 Å². The molecule has 182 valence electrons. The molecule has 5 rings (SSSR count). The molecule has 0 heterocycles. The van der Waals surface area contributed by atoms with Crippen LogP contribution in [-0.2, 0) is 14.3 Å². The molecule has 4 aliphatic carbocycles. The molecule has 5 heteroatoms. The highest BCUT2D eigenvalue weighted by Gasteiger charge is 2.74. The summed E-state index contributed by atoms with van der Waals surface area (Å²) in [5.74, 6) is -1.26. The van der Waals surface area contributed by atoms with Crippen LogP contribution in [0.4, 0.5) is 0 Å². The molecule has 0 unspecified atom stereocenters. The van der Waals surface area contributed by atoms with Gasteiger partial charge < -0.3 is 14.9 Å². The third-order valence-corrected chi connectivity index (χ3v) is 10.4. The Morgan fingerprint density at radius 2 is 1.82 bits per heavy atom. The van der Waals surface area contributed by atoms with Gasteiger partial charge in [0.2, 0.25) is 0 Å². The number of hydrogen-bond acceptors (Lipinski definition) is 4. The summed E-state index contributed by atoms with van der Waals surface area (Å²) in [7, 11) is 0. The molecular formula is C29H36O5. The zero-order chi connectivity index (χ0) is 24.4. The molecule has 0 radical (unpaired) electrons. The maximum absolute atomic E-state index is 12.8. The summed E-state index contributed by atoms with van der Waals surface area (Å²) in [4.78, 5) is 25.5. The molecule has 5 nitrogen and oxygen atoms in total. The molecule has 1 aromatic carbocycles. The maximum atomic E-state index is 12.8. The molecule has 4 aliphatic rings. The number of aliphatic hydroxyl groups is 1. The number of carboxylic acid groups (broad SMARTS) is 1. The van der Waals surface area contributed by atoms with Gasteiger partial charge in [-0.2, -0.15) is 0 Å². The average molecular weight is 465 g/mol. The first-order valence-corrected chi connectivity index (χ1v) is 12.6. The van der Waals surface area contributed by atoms with Crippen LogP contribution in [0.25, 0.3) is 6.08 Å². The molecule has 1 spiro atoms. The van der Waals surface area contributed by atoms with Gasteiger partial charge in [0, 0.05) is 16.9 Å². The smallest absolute Gasteiger partial charge is 0.331 e. The maximum Gasteiger partial charge on any atom is 0.331 e. The lowest BCUT2D eigenvalue weighted by Gasteiger charge is -2.68. The van der Waals surface area contributed by atoms with E-state index in [1.54, 1.807) is 13.0 Å². The molecular weight excluding hydrogens is 428 g/mol. The van der Waals surface area contributed by atoms with Crippen LogP contribution < -0.4 is 0 Å². The van der Waals surface area contributed by atoms with Gasteiger partial charge in [0.05, 0.1) is 5.60 Å². The Bertz CT molecular complexity index is 1050. The number of allylic oxidation sites excluding steroid dienone is 1. The molecule has 0 aliphatic heterocycles. The molecule has 1 aromatic rings. The second-order valence-corrected chi connectivity index (χ2v) is 11.7. The van der Waals surface area contributed by atoms with Gasteiger partial charge in [-0.1, -0.05) is 49.4 Å². The molecule has 4 saturated carbocycles. The standard InChI is InChI=1S/C29H36O5/c1-19-17-28-15-12-22-26(2,29(28,33)16-11-21(19)18-28)14-13-23(27(22,3)25(31)32)34-24(30)10-9-20-7-5-4-6-8-20/h4-10,21-23,33H,1,11-18H2,2-3H3,(H,31,32)/b10-9+/t21-,22-,23+,26+,27-,28+,29+/m0/s1. The van der Waals surface area contributed by atoms with E-state index in [0.29, 0.717) is 25.2 Å². The number of hydrogen-bond donors (Lipinski definition) is 2. The highest BCUT2D eigenvalue weighted by molar-refractivity contribution is 5.87. The van der Waals surface area contributed by atoms with E-state index >= 15 is 0 Å². The first-order valence-electron chi connectivity index (χ1n) is 12.6. The number of ether oxygens (including phenoxy) is 1. The Morgan fingerprint density at radius 3 is 2.53 bits per heavy atom. The Hall–Kier alpha value is -2.40. The minimum atomic E-state index is -1.26. The van der Waals surface area contributed by atoms with Gasteiger partial charge in [-0.3, -0.25) is 4.79 Å². The van der Waals surface area contributed by atoms with E-state index in [4.69, 9.17) is 4.74 Å². The van der Waals surface area contributed by atoms with Crippen LogP contribution >= 0.6 is 0 Å². The second kappa shape index (κ2) is 7.81. The van der Waals surface area contributed by atoms with Crippen molar-refractivity contribution in [1.82, 2.24) is 0 Å². The van der Waals surface area contributed by atoms with Gasteiger partial charge in [0.15, 0.2) is 0 Å². The second-order valence-electron chi connectivity index (χ2n) is 11.7. The van der Waals surface area contributed by atoms with Crippen molar-refractivity contribution in [2.75, 3.05) is 0 Å². The van der Waals surface area contributed by atoms with Gasteiger partial charge in [-0.25, -0.2) is 4.79 Å². The molecule has 4 fully saturated rings. The molecule has 2 bridgehead atoms. The molecule has 7 atom stereocenters. The summed E-state index contributed by atoms with van der Waals surface area (Å²) < 4.78 is 5.83. The summed E-state index contributed by atoms with van der Waals surface area (Å²) >= 11 is 0. The largest absolute Gasteiger partial charge is 0.481 e. The van der Waals surface area contributed by atoms with E-state index in [-0.39, 0.29) is 11.3 Å². The molecule has 0 saturated heterocycles. The van der Waals surface area contributed by atoms with Crippen molar-refractivity contribution in [1.29, 1.82) is 0 Å². The van der Waals surface area contributed by atoms with E-state index in [1.807, 2.05) is 30.3 Å². The Balaban J connectivity index is 1.43. The third kappa shape index (κ3) is 3.08. The Morgan fingerprint density at radius 1 is 1.09 bits per heavy atom. The van der Waals surface area contributed by atoms with Crippen molar-refractivity contribution in [3.05, 3.63) is 54.1 Å². The summed E-state index contributed by atoms with van der Waals surface area (Å²) in [5, 5.41) is 22.9. The summed E-state index contributed by atoms with van der Waals surface area (Å²) in [5.41, 5.74) is -0.779. The summed E-state index contributed by atoms with van der Waals surface area (Å²) in [6.45, 7) is 8.15. The quantitative estimate of drug-likeness (QED) is 0.355. The van der Waals surface area contributed by atoms with E-state index < -0.39 is 34.5 Å². The topological polar surface area (TPSA) is 83.8 Å². The van der Waals surface area contributed by atoms with E-state index in [0.717, 1.165) is 37.7 Å². The molecule has 2 N–H and O–H groups in total. The van der Waals surface area contributed by atoms with Gasteiger partial charge in [0.1, 0.15) is 11.5 Å². The van der Waals surface area contributed by atoms with Crippen LogP contribution in [-0.4, -0.2) is 33.9 Å². The lowest BCUT2D eigenvalue weighted by Crippen LogP contribution is -2.71. The predicted octanol–water partition coefficient (Wildman–Crippen LogP) is 5.39. The van der Waals surface area contributed by atoms with Crippen molar-refractivity contribution in [2.24, 2.45) is 28.1 Å². The molecule has 0 aromatic heterocycles. The lowest BCUT2D eigenvalue weighted by atomic mass is 9.38. The fourth-order valence-corrected chi connectivity index (χ4v) is 8.53. The predicted molar refractivity (Wildman–Crippen MR) is 130 cm³/mol. The van der Waals surface area contributed by atoms with Gasteiger partial charge >= 0.3 is 11.9 Å². The number of carbonyl (C=O) groups excluding carboxylic acids is 1. The van der Waals surface area contributed by atoms with Crippen molar-refractivity contribution in [3.8, 4) is 0 Å². The fraction of sp³-hybridized carbons (Fsp3) is 0.586. The van der Waals surface area contributed by atoms with Crippen LogP contribution in [0.3, 0.4) is 0 Å². The van der Waals surface area contributed by atoms with Crippen molar-refractivity contribution in [3.63, 3.8) is 0 Å². The molecule has 34 heavy (non-hydrogen) atoms. The normalized spacial score (nSPS) is 43.3. The monoisotopic (exact) mass is 464 g/mol. The Kier molecular flexibility index (Phi) is 5.36. The SMILES string of the molecule is C=C1C[C@@]23CC[C@@H]4[C@](C)(C(=O)O)[C@H](OC(=O)/C=C/c5ccccc5)CC[C@@]4(C)[C@]2(O)CC[C@H]1C3. The zero-order valence-corrected chi connectivity index (χ0v) is 20.3. The number of aliphatic carboxylic acids is 1. The highest BCUT2D eigenvalue weighted by Crippen LogP contribution is 2.74. The first-order chi connectivity index (χ1) is 16.1. The first kappa shape index (κ1) is 23.3. The highest BCUT2D eigenvalue weighted by atomic mass is 16.5.